The molecular formula is C57H63O13PS. The van der Waals surface area contributed by atoms with Crippen LogP contribution in [0.2, 0.25) is 0 Å². The quantitative estimate of drug-likeness (QED) is 0.0507. The third-order valence-electron chi connectivity index (χ3n) is 13.4. The zero-order valence-electron chi connectivity index (χ0n) is 42.0. The fraction of sp³-hybridized carbons (Fsp3) is 0.263. The minimum absolute atomic E-state index is 0.0481. The van der Waals surface area contributed by atoms with Crippen molar-refractivity contribution in [1.82, 2.24) is 0 Å². The third kappa shape index (κ3) is 10.2. The van der Waals surface area contributed by atoms with Crippen molar-refractivity contribution < 1.29 is 62.0 Å². The van der Waals surface area contributed by atoms with E-state index < -0.39 is 48.9 Å². The Hall–Kier alpha value is -6.64. The van der Waals surface area contributed by atoms with Crippen molar-refractivity contribution >= 4 is 33.0 Å². The van der Waals surface area contributed by atoms with Crippen LogP contribution in [0.5, 0.6) is 46.0 Å². The van der Waals surface area contributed by atoms with Crippen LogP contribution in [-0.2, 0) is 47.8 Å². The van der Waals surface area contributed by atoms with E-state index >= 15 is 0 Å². The van der Waals surface area contributed by atoms with Crippen molar-refractivity contribution in [2.45, 2.75) is 68.6 Å². The van der Waals surface area contributed by atoms with Gasteiger partial charge in [-0.15, -0.1) is 0 Å². The Morgan fingerprint density at radius 2 is 0.833 bits per heavy atom. The molecule has 0 aliphatic heterocycles. The molecule has 13 nitrogen and oxygen atoms in total. The summed E-state index contributed by atoms with van der Waals surface area (Å²) in [4.78, 5) is 0.247. The summed E-state index contributed by atoms with van der Waals surface area (Å²) in [6.45, 7) is 4.07. The van der Waals surface area contributed by atoms with Crippen LogP contribution < -0.4 is 49.1 Å². The molecule has 72 heavy (non-hydrogen) atoms. The summed E-state index contributed by atoms with van der Waals surface area (Å²) in [6, 6.07) is 37.0. The van der Waals surface area contributed by atoms with Gasteiger partial charge in [0.25, 0.3) is 0 Å². The second kappa shape index (κ2) is 22.4. The third-order valence-corrected chi connectivity index (χ3v) is 20.5. The van der Waals surface area contributed by atoms with Gasteiger partial charge in [0.2, 0.25) is 0 Å². The first kappa shape index (κ1) is 53.2. The van der Waals surface area contributed by atoms with Gasteiger partial charge >= 0.3 is 412 Å². The standard InChI is InChI=1S/C57H63O13PS/c1-36-10-19-49(20-11-36)72(62,63)50-21-17-45(18-22-50)70-51-23-14-43(57(2,3)42-12-15-44(64-4)16-13-42)24-41(51)35-71(54-37(31-58)25-46(65-5)26-38(54)32-59,55-39(33-60)27-47(66-6)29-52(55)68-8)56-40(34-61)28-48(67-7)30-53(56)69-9/h10-30,58-61,71H,31-35H2,1-9H3. The van der Waals surface area contributed by atoms with Crippen molar-refractivity contribution in [2.75, 3.05) is 42.7 Å². The molecule has 0 amide bonds. The predicted octanol–water partition coefficient (Wildman–Crippen LogP) is 8.19. The van der Waals surface area contributed by atoms with Crippen LogP contribution in [0.25, 0.3) is 0 Å². The molecule has 0 saturated carbocycles. The number of aliphatic hydroxyl groups is 4. The number of aliphatic hydroxyl groups excluding tert-OH is 4. The van der Waals surface area contributed by atoms with Gasteiger partial charge in [0.05, 0.1) is 0 Å². The zero-order valence-corrected chi connectivity index (χ0v) is 43.8. The predicted molar refractivity (Wildman–Crippen MR) is 281 cm³/mol. The minimum atomic E-state index is -4.30. The van der Waals surface area contributed by atoms with Gasteiger partial charge in [-0.3, -0.25) is 0 Å². The summed E-state index contributed by atoms with van der Waals surface area (Å²) in [5.41, 5.74) is 4.40. The van der Waals surface area contributed by atoms with Gasteiger partial charge in [-0.05, 0) is 6.92 Å². The number of sulfone groups is 1. The maximum absolute atomic E-state index is 13.8. The molecule has 4 N–H and O–H groups in total. The van der Waals surface area contributed by atoms with Gasteiger partial charge in [0.15, 0.2) is 0 Å². The fourth-order valence-corrected chi connectivity index (χ4v) is 17.1. The summed E-state index contributed by atoms with van der Waals surface area (Å²) in [7, 11) is 1.00. The summed E-state index contributed by atoms with van der Waals surface area (Å²) in [5, 5.41) is 47.9. The molecule has 0 aromatic heterocycles. The van der Waals surface area contributed by atoms with Crippen LogP contribution in [0.4, 0.5) is 0 Å². The molecule has 0 aliphatic rings. The van der Waals surface area contributed by atoms with Gasteiger partial charge in [-0.25, -0.2) is 0 Å². The molecule has 0 bridgehead atoms. The van der Waals surface area contributed by atoms with Crippen molar-refractivity contribution in [2.24, 2.45) is 0 Å². The van der Waals surface area contributed by atoms with E-state index in [1.54, 1.807) is 79.9 Å². The van der Waals surface area contributed by atoms with Crippen LogP contribution in [0.15, 0.2) is 137 Å². The van der Waals surface area contributed by atoms with Gasteiger partial charge in [-0.1, -0.05) is 5.56 Å². The summed E-state index contributed by atoms with van der Waals surface area (Å²) in [5.74, 6) is 3.22. The van der Waals surface area contributed by atoms with Gasteiger partial charge in [-0.2, -0.15) is 0 Å². The average molecular weight is 1020 g/mol. The molecular weight excluding hydrogens is 956 g/mol. The van der Waals surface area contributed by atoms with Crippen molar-refractivity contribution in [1.29, 1.82) is 0 Å². The summed E-state index contributed by atoms with van der Waals surface area (Å²) >= 11 is 0. The van der Waals surface area contributed by atoms with E-state index in [1.165, 1.54) is 47.7 Å². The van der Waals surface area contributed by atoms with Crippen molar-refractivity contribution in [3.8, 4) is 46.0 Å². The van der Waals surface area contributed by atoms with E-state index in [1.807, 2.05) is 43.3 Å². The Morgan fingerprint density at radius 3 is 1.26 bits per heavy atom. The Morgan fingerprint density at radius 1 is 0.431 bits per heavy atom. The van der Waals surface area contributed by atoms with E-state index in [0.717, 1.165) is 16.7 Å². The van der Waals surface area contributed by atoms with E-state index in [4.69, 9.17) is 33.2 Å². The SMILES string of the molecule is COc1ccc(C(C)(C)c2ccc(Oc3ccc(S(=O)(=O)c4ccc(C)cc4)cc3)c(C[PH](c3c(CO)cc(OC)cc3CO)(c3c(CO)cc(OC)cc3OC)c3c(CO)cc(OC)cc3OC)c2)cc1. The van der Waals surface area contributed by atoms with Gasteiger partial charge < -0.3 is 0 Å². The first-order valence-corrected chi connectivity index (χ1v) is 26.8. The fourth-order valence-electron chi connectivity index (χ4n) is 9.69. The molecule has 7 rings (SSSR count). The Kier molecular flexibility index (Phi) is 16.6. The maximum atomic E-state index is 13.8. The summed E-state index contributed by atoms with van der Waals surface area (Å²) in [6.07, 6.45) is 0.0481. The van der Waals surface area contributed by atoms with E-state index in [9.17, 15) is 28.8 Å². The molecule has 0 saturated heterocycles. The average Bonchev–Trinajstić information content (AvgIpc) is 3.41. The van der Waals surface area contributed by atoms with Crippen LogP contribution >= 0.6 is 7.26 Å². The molecule has 7 aromatic rings. The normalized spacial score (nSPS) is 12.0. The Bertz CT molecular complexity index is 2910. The molecule has 0 fully saturated rings. The molecule has 0 atom stereocenters. The Balaban J connectivity index is 1.63. The molecule has 0 radical (unpaired) electrons. The molecule has 15 heteroatoms. The van der Waals surface area contributed by atoms with Crippen LogP contribution in [-0.4, -0.2) is 71.5 Å². The zero-order chi connectivity index (χ0) is 52.0. The molecule has 0 heterocycles. The second-order valence-electron chi connectivity index (χ2n) is 17.8. The number of aryl methyl sites for hydroxylation is 1. The summed E-state index contributed by atoms with van der Waals surface area (Å²) < 4.78 is 70.0. The molecule has 0 spiro atoms. The number of hydrogen-bond donors (Lipinski definition) is 4. The molecule has 380 valence electrons. The van der Waals surface area contributed by atoms with Crippen LogP contribution in [0.1, 0.15) is 58.4 Å². The molecule has 0 aliphatic carbocycles. The van der Waals surface area contributed by atoms with Crippen LogP contribution in [0, 0.1) is 6.92 Å². The monoisotopic (exact) mass is 1020 g/mol. The second-order valence-corrected chi connectivity index (χ2v) is 23.4. The number of ether oxygens (including phenoxy) is 7. The van der Waals surface area contributed by atoms with Crippen molar-refractivity contribution in [3.05, 3.63) is 172 Å². The van der Waals surface area contributed by atoms with E-state index in [0.29, 0.717) is 89.7 Å². The van der Waals surface area contributed by atoms with E-state index in [2.05, 4.69) is 19.9 Å². The van der Waals surface area contributed by atoms with Crippen molar-refractivity contribution in [3.63, 3.8) is 0 Å². The van der Waals surface area contributed by atoms with Crippen LogP contribution in [0.3, 0.4) is 0 Å². The molecule has 0 unspecified atom stereocenters. The number of benzene rings is 7. The molecule has 7 aromatic carbocycles. The first-order valence-electron chi connectivity index (χ1n) is 23.1. The number of hydrogen-bond acceptors (Lipinski definition) is 13. The number of rotatable bonds is 21. The topological polar surface area (TPSA) is 180 Å². The first-order chi connectivity index (χ1) is 34.6. The Labute approximate surface area is 422 Å². The number of methoxy groups -OCH3 is 6. The van der Waals surface area contributed by atoms with E-state index in [-0.39, 0.29) is 16.0 Å². The van der Waals surface area contributed by atoms with Gasteiger partial charge in [0.1, 0.15) is 0 Å². The van der Waals surface area contributed by atoms with Gasteiger partial charge in [0, 0.05) is 0 Å².